The minimum atomic E-state index is -0.611. The van der Waals surface area contributed by atoms with Crippen molar-refractivity contribution >= 4 is 11.8 Å². The number of benzene rings is 2. The van der Waals surface area contributed by atoms with Crippen LogP contribution >= 0.6 is 0 Å². The molecule has 5 heteroatoms. The van der Waals surface area contributed by atoms with Crippen molar-refractivity contribution in [3.05, 3.63) is 65.2 Å². The number of aryl methyl sites for hydroxylation is 2. The predicted molar refractivity (Wildman–Crippen MR) is 89.3 cm³/mol. The first-order chi connectivity index (χ1) is 11.1. The minimum absolute atomic E-state index is 0.144. The summed E-state index contributed by atoms with van der Waals surface area (Å²) in [6, 6.07) is 15.0. The Morgan fingerprint density at radius 3 is 2.35 bits per heavy atom. The Labute approximate surface area is 135 Å². The lowest BCUT2D eigenvalue weighted by Gasteiger charge is -2.05. The zero-order valence-electron chi connectivity index (χ0n) is 13.3. The largest absolute Gasteiger partial charge is 0.482 e. The smallest absolute Gasteiger partial charge is 0.372 e. The number of amidine groups is 1. The summed E-state index contributed by atoms with van der Waals surface area (Å²) in [6.45, 7) is 3.82. The van der Waals surface area contributed by atoms with Gasteiger partial charge in [0.1, 0.15) is 5.75 Å². The van der Waals surface area contributed by atoms with Crippen molar-refractivity contribution in [2.45, 2.75) is 20.3 Å². The molecule has 5 nitrogen and oxygen atoms in total. The van der Waals surface area contributed by atoms with Crippen LogP contribution in [-0.2, 0) is 16.1 Å². The van der Waals surface area contributed by atoms with Gasteiger partial charge in [0.15, 0.2) is 12.4 Å². The lowest BCUT2D eigenvalue weighted by molar-refractivity contribution is -0.146. The highest BCUT2D eigenvalue weighted by molar-refractivity contribution is 5.97. The van der Waals surface area contributed by atoms with Crippen LogP contribution in [0.2, 0.25) is 0 Å². The zero-order valence-corrected chi connectivity index (χ0v) is 13.3. The van der Waals surface area contributed by atoms with E-state index >= 15 is 0 Å². The summed E-state index contributed by atoms with van der Waals surface area (Å²) in [5.41, 5.74) is 8.77. The molecule has 120 valence electrons. The molecule has 0 bridgehead atoms. The first kappa shape index (κ1) is 16.5. The number of oxime groups is 1. The van der Waals surface area contributed by atoms with Gasteiger partial charge in [-0.05, 0) is 31.0 Å². The van der Waals surface area contributed by atoms with Crippen molar-refractivity contribution in [2.75, 3.05) is 6.61 Å². The average Bonchev–Trinajstić information content (AvgIpc) is 2.59. The fourth-order valence-corrected chi connectivity index (χ4v) is 1.87. The van der Waals surface area contributed by atoms with Crippen LogP contribution in [0.4, 0.5) is 0 Å². The summed E-state index contributed by atoms with van der Waals surface area (Å²) in [5, 5.41) is 3.63. The van der Waals surface area contributed by atoms with Gasteiger partial charge in [0.25, 0.3) is 0 Å². The molecule has 0 saturated carbocycles. The topological polar surface area (TPSA) is 73.9 Å². The van der Waals surface area contributed by atoms with E-state index in [2.05, 4.69) is 12.1 Å². The van der Waals surface area contributed by atoms with Gasteiger partial charge in [-0.1, -0.05) is 54.0 Å². The van der Waals surface area contributed by atoms with Gasteiger partial charge in [-0.25, -0.2) is 4.79 Å². The molecule has 0 radical (unpaired) electrons. The molecular formula is C18H20N2O3. The SMILES string of the molecule is CCc1ccc(OCC(=O)ON=C(N)c2ccc(C)cc2)cc1. The van der Waals surface area contributed by atoms with Crippen LogP contribution in [0.1, 0.15) is 23.6 Å². The Bertz CT molecular complexity index is 676. The van der Waals surface area contributed by atoms with Crippen molar-refractivity contribution < 1.29 is 14.4 Å². The van der Waals surface area contributed by atoms with Crippen LogP contribution in [0.3, 0.4) is 0 Å². The number of carbonyl (C=O) groups is 1. The van der Waals surface area contributed by atoms with Gasteiger partial charge in [0, 0.05) is 5.56 Å². The Balaban J connectivity index is 1.84. The Morgan fingerprint density at radius 1 is 1.09 bits per heavy atom. The van der Waals surface area contributed by atoms with E-state index in [0.29, 0.717) is 11.3 Å². The molecule has 0 spiro atoms. The first-order valence-corrected chi connectivity index (χ1v) is 7.40. The summed E-state index contributed by atoms with van der Waals surface area (Å²) < 4.78 is 5.34. The molecule has 0 unspecified atom stereocenters. The summed E-state index contributed by atoms with van der Waals surface area (Å²) in [4.78, 5) is 16.4. The number of hydrogen-bond acceptors (Lipinski definition) is 4. The average molecular weight is 312 g/mol. The van der Waals surface area contributed by atoms with E-state index in [4.69, 9.17) is 15.3 Å². The normalized spacial score (nSPS) is 11.1. The molecule has 0 aliphatic heterocycles. The molecule has 0 saturated heterocycles. The standard InChI is InChI=1S/C18H20N2O3/c1-3-14-6-10-16(11-7-14)22-12-17(21)23-20-18(19)15-8-4-13(2)5-9-15/h4-11H,3,12H2,1-2H3,(H2,19,20). The van der Waals surface area contributed by atoms with Gasteiger partial charge in [-0.2, -0.15) is 0 Å². The number of nitrogens with zero attached hydrogens (tertiary/aromatic N) is 1. The molecule has 23 heavy (non-hydrogen) atoms. The van der Waals surface area contributed by atoms with E-state index in [-0.39, 0.29) is 12.4 Å². The molecule has 0 amide bonds. The van der Waals surface area contributed by atoms with Crippen molar-refractivity contribution in [3.8, 4) is 5.75 Å². The highest BCUT2D eigenvalue weighted by atomic mass is 16.7. The third kappa shape index (κ3) is 5.14. The Kier molecular flexibility index (Phi) is 5.74. The predicted octanol–water partition coefficient (Wildman–Crippen LogP) is 2.80. The number of carbonyl (C=O) groups excluding carboxylic acids is 1. The van der Waals surface area contributed by atoms with Crippen LogP contribution in [-0.4, -0.2) is 18.4 Å². The van der Waals surface area contributed by atoms with Gasteiger partial charge in [-0.3, -0.25) is 0 Å². The fraction of sp³-hybridized carbons (Fsp3) is 0.222. The molecule has 0 heterocycles. The monoisotopic (exact) mass is 312 g/mol. The highest BCUT2D eigenvalue weighted by Crippen LogP contribution is 2.12. The molecule has 2 aromatic carbocycles. The summed E-state index contributed by atoms with van der Waals surface area (Å²) in [5.74, 6) is 0.139. The summed E-state index contributed by atoms with van der Waals surface area (Å²) in [6.07, 6.45) is 0.954. The molecule has 0 aliphatic carbocycles. The van der Waals surface area contributed by atoms with E-state index < -0.39 is 5.97 Å². The third-order valence-electron chi connectivity index (χ3n) is 3.28. The second kappa shape index (κ2) is 7.98. The van der Waals surface area contributed by atoms with Crippen molar-refractivity contribution in [1.29, 1.82) is 0 Å². The van der Waals surface area contributed by atoms with Crippen molar-refractivity contribution in [2.24, 2.45) is 10.9 Å². The molecule has 0 aromatic heterocycles. The summed E-state index contributed by atoms with van der Waals surface area (Å²) in [7, 11) is 0. The van der Waals surface area contributed by atoms with E-state index in [1.54, 1.807) is 0 Å². The van der Waals surface area contributed by atoms with E-state index in [1.807, 2.05) is 55.5 Å². The van der Waals surface area contributed by atoms with E-state index in [1.165, 1.54) is 5.56 Å². The number of rotatable bonds is 6. The molecule has 0 fully saturated rings. The van der Waals surface area contributed by atoms with Crippen LogP contribution in [0.5, 0.6) is 5.75 Å². The maximum atomic E-state index is 11.6. The first-order valence-electron chi connectivity index (χ1n) is 7.40. The van der Waals surface area contributed by atoms with Gasteiger partial charge in [-0.15, -0.1) is 0 Å². The fourth-order valence-electron chi connectivity index (χ4n) is 1.87. The second-order valence-electron chi connectivity index (χ2n) is 5.09. The lowest BCUT2D eigenvalue weighted by Crippen LogP contribution is -2.18. The maximum Gasteiger partial charge on any atom is 0.372 e. The second-order valence-corrected chi connectivity index (χ2v) is 5.09. The molecule has 2 aromatic rings. The van der Waals surface area contributed by atoms with Gasteiger partial charge in [0.05, 0.1) is 0 Å². The highest BCUT2D eigenvalue weighted by Gasteiger charge is 2.06. The van der Waals surface area contributed by atoms with Crippen LogP contribution in [0, 0.1) is 6.92 Å². The Hall–Kier alpha value is -2.82. The van der Waals surface area contributed by atoms with Crippen LogP contribution in [0.15, 0.2) is 53.7 Å². The van der Waals surface area contributed by atoms with Gasteiger partial charge < -0.3 is 15.3 Å². The van der Waals surface area contributed by atoms with E-state index in [9.17, 15) is 4.79 Å². The Morgan fingerprint density at radius 2 is 1.74 bits per heavy atom. The minimum Gasteiger partial charge on any atom is -0.482 e. The number of hydrogen-bond donors (Lipinski definition) is 1. The number of nitrogens with two attached hydrogens (primary N) is 1. The molecule has 2 N–H and O–H groups in total. The number of ether oxygens (including phenoxy) is 1. The third-order valence-corrected chi connectivity index (χ3v) is 3.28. The van der Waals surface area contributed by atoms with E-state index in [0.717, 1.165) is 12.0 Å². The zero-order chi connectivity index (χ0) is 16.7. The maximum absolute atomic E-state index is 11.6. The lowest BCUT2D eigenvalue weighted by atomic mass is 10.1. The summed E-state index contributed by atoms with van der Waals surface area (Å²) >= 11 is 0. The van der Waals surface area contributed by atoms with Crippen molar-refractivity contribution in [3.63, 3.8) is 0 Å². The van der Waals surface area contributed by atoms with Gasteiger partial charge >= 0.3 is 5.97 Å². The molecule has 0 aliphatic rings. The van der Waals surface area contributed by atoms with Crippen LogP contribution in [0.25, 0.3) is 0 Å². The van der Waals surface area contributed by atoms with Crippen molar-refractivity contribution in [1.82, 2.24) is 0 Å². The quantitative estimate of drug-likeness (QED) is 0.385. The molecule has 2 rings (SSSR count). The molecular weight excluding hydrogens is 292 g/mol. The van der Waals surface area contributed by atoms with Gasteiger partial charge in [0.2, 0.25) is 0 Å². The molecule has 0 atom stereocenters. The van der Waals surface area contributed by atoms with Crippen LogP contribution < -0.4 is 10.5 Å².